The van der Waals surface area contributed by atoms with E-state index in [0.717, 1.165) is 18.8 Å². The van der Waals surface area contributed by atoms with E-state index in [0.29, 0.717) is 5.56 Å². The Morgan fingerprint density at radius 1 is 0.893 bits per heavy atom. The summed E-state index contributed by atoms with van der Waals surface area (Å²) >= 11 is 0. The molecule has 2 aromatic rings. The number of benzene rings is 2. The molecule has 1 saturated heterocycles. The first-order chi connectivity index (χ1) is 13.5. The summed E-state index contributed by atoms with van der Waals surface area (Å²) in [6.45, 7) is 6.03. The van der Waals surface area contributed by atoms with Gasteiger partial charge in [-0.05, 0) is 61.6 Å². The molecule has 0 aromatic heterocycles. The molecule has 1 atom stereocenters. The molecule has 0 unspecified atom stereocenters. The lowest BCUT2D eigenvalue weighted by molar-refractivity contribution is -0.118. The molecule has 2 amide bonds. The summed E-state index contributed by atoms with van der Waals surface area (Å²) in [5.74, 6) is -0.472. The molecule has 0 spiro atoms. The maximum absolute atomic E-state index is 12.8. The Kier molecular flexibility index (Phi) is 6.69. The van der Waals surface area contributed by atoms with Crippen LogP contribution in [0.5, 0.6) is 0 Å². The second-order valence-corrected chi connectivity index (χ2v) is 7.65. The first kappa shape index (κ1) is 19.9. The first-order valence-corrected chi connectivity index (χ1v) is 10.1. The molecule has 2 N–H and O–H groups in total. The predicted molar refractivity (Wildman–Crippen MR) is 114 cm³/mol. The van der Waals surface area contributed by atoms with Gasteiger partial charge in [-0.3, -0.25) is 9.59 Å². The SMILES string of the molecule is CC(C)[C@H](NC(=O)c1ccccc1)C(=O)Nc1ccc(N2CCCCC2)cc1. The summed E-state index contributed by atoms with van der Waals surface area (Å²) in [6.07, 6.45) is 3.77. The number of rotatable bonds is 6. The van der Waals surface area contributed by atoms with E-state index in [1.165, 1.54) is 24.9 Å². The average Bonchev–Trinajstić information content (AvgIpc) is 2.73. The summed E-state index contributed by atoms with van der Waals surface area (Å²) in [5, 5.41) is 5.79. The highest BCUT2D eigenvalue weighted by molar-refractivity contribution is 6.01. The van der Waals surface area contributed by atoms with Crippen LogP contribution in [0.4, 0.5) is 11.4 Å². The van der Waals surface area contributed by atoms with Crippen LogP contribution in [0.2, 0.25) is 0 Å². The van der Waals surface area contributed by atoms with E-state index < -0.39 is 6.04 Å². The molecule has 1 fully saturated rings. The molecule has 1 aliphatic heterocycles. The van der Waals surface area contributed by atoms with Crippen molar-refractivity contribution in [1.29, 1.82) is 0 Å². The molecule has 5 nitrogen and oxygen atoms in total. The fourth-order valence-electron chi connectivity index (χ4n) is 3.48. The summed E-state index contributed by atoms with van der Waals surface area (Å²) in [7, 11) is 0. The van der Waals surface area contributed by atoms with E-state index in [4.69, 9.17) is 0 Å². The number of carbonyl (C=O) groups excluding carboxylic acids is 2. The molecule has 0 aliphatic carbocycles. The smallest absolute Gasteiger partial charge is 0.251 e. The van der Waals surface area contributed by atoms with Crippen molar-refractivity contribution in [2.24, 2.45) is 5.92 Å². The highest BCUT2D eigenvalue weighted by Gasteiger charge is 2.24. The molecule has 2 aromatic carbocycles. The van der Waals surface area contributed by atoms with Gasteiger partial charge in [-0.15, -0.1) is 0 Å². The van der Waals surface area contributed by atoms with Gasteiger partial charge >= 0.3 is 0 Å². The van der Waals surface area contributed by atoms with Gasteiger partial charge in [0.15, 0.2) is 0 Å². The molecule has 5 heteroatoms. The van der Waals surface area contributed by atoms with Gasteiger partial charge in [0, 0.05) is 30.0 Å². The van der Waals surface area contributed by atoms with Crippen molar-refractivity contribution in [1.82, 2.24) is 5.32 Å². The lowest BCUT2D eigenvalue weighted by atomic mass is 10.0. The standard InChI is InChI=1S/C23H29N3O2/c1-17(2)21(25-22(27)18-9-5-3-6-10-18)23(28)24-19-11-13-20(14-12-19)26-15-7-4-8-16-26/h3,5-6,9-14,17,21H,4,7-8,15-16H2,1-2H3,(H,24,28)(H,25,27)/t21-/m0/s1. The van der Waals surface area contributed by atoms with Crippen LogP contribution in [0.3, 0.4) is 0 Å². The van der Waals surface area contributed by atoms with Crippen molar-refractivity contribution in [3.8, 4) is 0 Å². The Hall–Kier alpha value is -2.82. The number of nitrogens with zero attached hydrogens (tertiary/aromatic N) is 1. The van der Waals surface area contributed by atoms with Gasteiger partial charge in [0.1, 0.15) is 6.04 Å². The van der Waals surface area contributed by atoms with Gasteiger partial charge < -0.3 is 15.5 Å². The molecule has 0 radical (unpaired) electrons. The van der Waals surface area contributed by atoms with Gasteiger partial charge in [-0.2, -0.15) is 0 Å². The summed E-state index contributed by atoms with van der Waals surface area (Å²) in [6, 6.07) is 16.3. The molecule has 3 rings (SSSR count). The highest BCUT2D eigenvalue weighted by Crippen LogP contribution is 2.22. The number of carbonyl (C=O) groups is 2. The monoisotopic (exact) mass is 379 g/mol. The highest BCUT2D eigenvalue weighted by atomic mass is 16.2. The molecule has 148 valence electrons. The summed E-state index contributed by atoms with van der Waals surface area (Å²) in [5.41, 5.74) is 2.48. The van der Waals surface area contributed by atoms with Crippen molar-refractivity contribution in [2.75, 3.05) is 23.3 Å². The zero-order valence-corrected chi connectivity index (χ0v) is 16.7. The van der Waals surface area contributed by atoms with Crippen molar-refractivity contribution in [2.45, 2.75) is 39.2 Å². The third kappa shape index (κ3) is 5.12. The zero-order valence-electron chi connectivity index (χ0n) is 16.7. The topological polar surface area (TPSA) is 61.4 Å². The molecular formula is C23H29N3O2. The van der Waals surface area contributed by atoms with Crippen molar-refractivity contribution in [3.05, 3.63) is 60.2 Å². The molecule has 0 bridgehead atoms. The minimum Gasteiger partial charge on any atom is -0.372 e. The number of amides is 2. The predicted octanol–water partition coefficient (Wildman–Crippen LogP) is 4.07. The van der Waals surface area contributed by atoms with E-state index >= 15 is 0 Å². The number of hydrogen-bond donors (Lipinski definition) is 2. The molecular weight excluding hydrogens is 350 g/mol. The zero-order chi connectivity index (χ0) is 19.9. The largest absolute Gasteiger partial charge is 0.372 e. The Morgan fingerprint density at radius 2 is 1.54 bits per heavy atom. The lowest BCUT2D eigenvalue weighted by Crippen LogP contribution is -2.47. The van der Waals surface area contributed by atoms with Gasteiger partial charge in [-0.25, -0.2) is 0 Å². The average molecular weight is 380 g/mol. The second-order valence-electron chi connectivity index (χ2n) is 7.65. The Labute approximate surface area is 167 Å². The Balaban J connectivity index is 1.62. The normalized spacial score (nSPS) is 15.2. The van der Waals surface area contributed by atoms with Gasteiger partial charge in [0.25, 0.3) is 5.91 Å². The van der Waals surface area contributed by atoms with E-state index in [1.54, 1.807) is 12.1 Å². The maximum atomic E-state index is 12.8. The van der Waals surface area contributed by atoms with Crippen molar-refractivity contribution < 1.29 is 9.59 Å². The van der Waals surface area contributed by atoms with E-state index in [2.05, 4.69) is 15.5 Å². The van der Waals surface area contributed by atoms with Crippen LogP contribution in [-0.2, 0) is 4.79 Å². The lowest BCUT2D eigenvalue weighted by Gasteiger charge is -2.29. The Bertz CT molecular complexity index is 781. The fraction of sp³-hybridized carbons (Fsp3) is 0.391. The van der Waals surface area contributed by atoms with Crippen molar-refractivity contribution >= 4 is 23.2 Å². The quantitative estimate of drug-likeness (QED) is 0.795. The van der Waals surface area contributed by atoms with E-state index in [1.807, 2.05) is 56.3 Å². The van der Waals surface area contributed by atoms with Crippen LogP contribution >= 0.6 is 0 Å². The van der Waals surface area contributed by atoms with Crippen LogP contribution in [-0.4, -0.2) is 30.9 Å². The van der Waals surface area contributed by atoms with E-state index in [-0.39, 0.29) is 17.7 Å². The van der Waals surface area contributed by atoms with Crippen LogP contribution in [0.1, 0.15) is 43.5 Å². The first-order valence-electron chi connectivity index (χ1n) is 10.1. The number of nitrogens with one attached hydrogen (secondary N) is 2. The van der Waals surface area contributed by atoms with Gasteiger partial charge in [-0.1, -0.05) is 32.0 Å². The van der Waals surface area contributed by atoms with E-state index in [9.17, 15) is 9.59 Å². The third-order valence-corrected chi connectivity index (χ3v) is 5.13. The second kappa shape index (κ2) is 9.40. The number of hydrogen-bond acceptors (Lipinski definition) is 3. The molecule has 1 heterocycles. The summed E-state index contributed by atoms with van der Waals surface area (Å²) < 4.78 is 0. The maximum Gasteiger partial charge on any atom is 0.251 e. The fourth-order valence-corrected chi connectivity index (χ4v) is 3.48. The molecule has 28 heavy (non-hydrogen) atoms. The van der Waals surface area contributed by atoms with Crippen LogP contribution < -0.4 is 15.5 Å². The minimum absolute atomic E-state index is 0.0275. The van der Waals surface area contributed by atoms with Gasteiger partial charge in [0.05, 0.1) is 0 Å². The third-order valence-electron chi connectivity index (χ3n) is 5.13. The number of piperidine rings is 1. The number of anilines is 2. The van der Waals surface area contributed by atoms with Crippen LogP contribution in [0.15, 0.2) is 54.6 Å². The van der Waals surface area contributed by atoms with Crippen LogP contribution in [0.25, 0.3) is 0 Å². The Morgan fingerprint density at radius 3 is 2.14 bits per heavy atom. The summed E-state index contributed by atoms with van der Waals surface area (Å²) in [4.78, 5) is 27.6. The van der Waals surface area contributed by atoms with Crippen molar-refractivity contribution in [3.63, 3.8) is 0 Å². The molecule has 0 saturated carbocycles. The minimum atomic E-state index is -0.602. The van der Waals surface area contributed by atoms with Crippen LogP contribution in [0, 0.1) is 5.92 Å². The van der Waals surface area contributed by atoms with Gasteiger partial charge in [0.2, 0.25) is 5.91 Å². The molecule has 1 aliphatic rings.